The summed E-state index contributed by atoms with van der Waals surface area (Å²) in [5.74, 6) is -4.68. The van der Waals surface area contributed by atoms with Gasteiger partial charge in [0.25, 0.3) is 0 Å². The van der Waals surface area contributed by atoms with Crippen molar-refractivity contribution in [2.75, 3.05) is 0 Å². The van der Waals surface area contributed by atoms with Crippen molar-refractivity contribution in [3.05, 3.63) is 75.8 Å². The molecule has 1 aliphatic heterocycles. The zero-order valence-electron chi connectivity index (χ0n) is 13.8. The van der Waals surface area contributed by atoms with E-state index in [4.69, 9.17) is 13.6 Å². The summed E-state index contributed by atoms with van der Waals surface area (Å²) in [6.45, 7) is 0. The predicted molar refractivity (Wildman–Crippen MR) is 91.3 cm³/mol. The summed E-state index contributed by atoms with van der Waals surface area (Å²) in [5.41, 5.74) is -0.823. The highest BCUT2D eigenvalue weighted by molar-refractivity contribution is 6.17. The lowest BCUT2D eigenvalue weighted by Crippen LogP contribution is -2.31. The molecule has 0 spiro atoms. The van der Waals surface area contributed by atoms with Crippen LogP contribution < -0.4 is 10.4 Å². The Kier molecular flexibility index (Phi) is 3.27. The third-order valence-corrected chi connectivity index (χ3v) is 4.56. The number of esters is 1. The minimum Gasteiger partial charge on any atom is -0.459 e. The van der Waals surface area contributed by atoms with E-state index in [0.717, 1.165) is 24.3 Å². The second kappa shape index (κ2) is 5.59. The SMILES string of the molecule is O=C1Oc2ccc(F)cc2C(=O)C1c1cc2c(=O)oc3ccc(F)cc3c2o1. The number of benzene rings is 2. The Balaban J connectivity index is 1.73. The van der Waals surface area contributed by atoms with Gasteiger partial charge in [0.1, 0.15) is 34.1 Å². The maximum Gasteiger partial charge on any atom is 0.347 e. The molecule has 0 saturated heterocycles. The largest absolute Gasteiger partial charge is 0.459 e. The van der Waals surface area contributed by atoms with Gasteiger partial charge in [0.05, 0.1) is 10.9 Å². The minimum atomic E-state index is -1.52. The number of hydrogen-bond acceptors (Lipinski definition) is 6. The number of fused-ring (bicyclic) bond motifs is 4. The van der Waals surface area contributed by atoms with Crippen LogP contribution in [0.5, 0.6) is 5.75 Å². The average Bonchev–Trinajstić information content (AvgIpc) is 3.09. The smallest absolute Gasteiger partial charge is 0.347 e. The molecule has 6 nitrogen and oxygen atoms in total. The van der Waals surface area contributed by atoms with Crippen molar-refractivity contribution in [2.24, 2.45) is 0 Å². The number of furan rings is 1. The van der Waals surface area contributed by atoms with Gasteiger partial charge in [0.2, 0.25) is 0 Å². The van der Waals surface area contributed by atoms with E-state index >= 15 is 0 Å². The topological polar surface area (TPSA) is 86.7 Å². The number of Topliss-reactive ketones (excluding diaryl/α,β-unsaturated/α-hetero) is 1. The van der Waals surface area contributed by atoms with Crippen molar-refractivity contribution in [1.82, 2.24) is 0 Å². The number of ether oxygens (including phenoxy) is 1. The van der Waals surface area contributed by atoms with E-state index in [-0.39, 0.29) is 39.0 Å². The Morgan fingerprint density at radius 1 is 0.821 bits per heavy atom. The molecule has 0 saturated carbocycles. The van der Waals surface area contributed by atoms with Crippen LogP contribution in [-0.2, 0) is 4.79 Å². The Bertz CT molecular complexity index is 1380. The van der Waals surface area contributed by atoms with Gasteiger partial charge in [0.15, 0.2) is 17.3 Å². The van der Waals surface area contributed by atoms with Crippen LogP contribution in [0.15, 0.2) is 56.1 Å². The van der Waals surface area contributed by atoms with E-state index < -0.39 is 34.9 Å². The maximum atomic E-state index is 13.6. The maximum absolute atomic E-state index is 13.6. The highest BCUT2D eigenvalue weighted by atomic mass is 19.1. The van der Waals surface area contributed by atoms with Gasteiger partial charge in [0, 0.05) is 0 Å². The molecule has 5 rings (SSSR count). The lowest BCUT2D eigenvalue weighted by molar-refractivity contribution is -0.135. The van der Waals surface area contributed by atoms with E-state index in [0.29, 0.717) is 0 Å². The Hall–Kier alpha value is -3.81. The zero-order chi connectivity index (χ0) is 19.6. The molecular formula is C20H8F2O6. The Morgan fingerprint density at radius 3 is 2.39 bits per heavy atom. The molecule has 8 heteroatoms. The van der Waals surface area contributed by atoms with Crippen LogP contribution in [-0.4, -0.2) is 11.8 Å². The summed E-state index contributed by atoms with van der Waals surface area (Å²) in [4.78, 5) is 37.4. The third-order valence-electron chi connectivity index (χ3n) is 4.56. The van der Waals surface area contributed by atoms with Gasteiger partial charge in [-0.2, -0.15) is 0 Å². The van der Waals surface area contributed by atoms with Crippen LogP contribution in [0, 0.1) is 11.6 Å². The zero-order valence-corrected chi connectivity index (χ0v) is 13.8. The van der Waals surface area contributed by atoms with Gasteiger partial charge in [-0.15, -0.1) is 0 Å². The van der Waals surface area contributed by atoms with E-state index in [1.165, 1.54) is 18.2 Å². The molecule has 0 fully saturated rings. The molecule has 0 N–H and O–H groups in total. The molecule has 0 amide bonds. The molecule has 4 aromatic rings. The fourth-order valence-corrected chi connectivity index (χ4v) is 3.29. The standard InChI is InChI=1S/C20H8F2O6/c21-8-1-3-13-10(5-8)17(23)16(20(25)28-13)15-7-12-18(26-15)11-6-9(22)2-4-14(11)27-19(12)24/h1-7,16H. The average molecular weight is 382 g/mol. The van der Waals surface area contributed by atoms with E-state index in [9.17, 15) is 23.2 Å². The quantitative estimate of drug-likeness (QED) is 0.216. The molecule has 28 heavy (non-hydrogen) atoms. The van der Waals surface area contributed by atoms with E-state index in [2.05, 4.69) is 0 Å². The van der Waals surface area contributed by atoms with Crippen molar-refractivity contribution >= 4 is 33.7 Å². The Morgan fingerprint density at radius 2 is 1.57 bits per heavy atom. The van der Waals surface area contributed by atoms with Gasteiger partial charge in [-0.3, -0.25) is 9.59 Å². The fraction of sp³-hybridized carbons (Fsp3) is 0.0500. The molecule has 3 heterocycles. The van der Waals surface area contributed by atoms with Gasteiger partial charge < -0.3 is 13.6 Å². The first kappa shape index (κ1) is 16.4. The lowest BCUT2D eigenvalue weighted by Gasteiger charge is -2.20. The van der Waals surface area contributed by atoms with E-state index in [1.54, 1.807) is 0 Å². The van der Waals surface area contributed by atoms with Crippen LogP contribution in [0.4, 0.5) is 8.78 Å². The molecule has 1 aliphatic rings. The molecule has 0 bridgehead atoms. The van der Waals surface area contributed by atoms with Gasteiger partial charge in [-0.1, -0.05) is 0 Å². The molecule has 1 unspecified atom stereocenters. The van der Waals surface area contributed by atoms with Crippen LogP contribution in [0.2, 0.25) is 0 Å². The highest BCUT2D eigenvalue weighted by Gasteiger charge is 2.40. The first-order valence-electron chi connectivity index (χ1n) is 8.13. The number of ketones is 1. The Labute approximate surface area is 153 Å². The lowest BCUT2D eigenvalue weighted by atomic mass is 9.92. The van der Waals surface area contributed by atoms with Crippen LogP contribution in [0.25, 0.3) is 21.9 Å². The van der Waals surface area contributed by atoms with Gasteiger partial charge in [-0.05, 0) is 42.5 Å². The molecule has 2 aromatic heterocycles. The first-order chi connectivity index (χ1) is 13.4. The number of hydrogen-bond donors (Lipinski definition) is 0. The fourth-order valence-electron chi connectivity index (χ4n) is 3.29. The van der Waals surface area contributed by atoms with Crippen LogP contribution in [0.3, 0.4) is 0 Å². The van der Waals surface area contributed by atoms with E-state index in [1.807, 2.05) is 0 Å². The normalized spacial score (nSPS) is 16.4. The second-order valence-corrected chi connectivity index (χ2v) is 6.28. The van der Waals surface area contributed by atoms with Crippen molar-refractivity contribution in [2.45, 2.75) is 5.92 Å². The monoisotopic (exact) mass is 382 g/mol. The summed E-state index contributed by atoms with van der Waals surface area (Å²) >= 11 is 0. The second-order valence-electron chi connectivity index (χ2n) is 6.28. The van der Waals surface area contributed by atoms with Crippen molar-refractivity contribution in [3.63, 3.8) is 0 Å². The highest BCUT2D eigenvalue weighted by Crippen LogP contribution is 2.36. The van der Waals surface area contributed by atoms with Crippen molar-refractivity contribution < 1.29 is 31.9 Å². The van der Waals surface area contributed by atoms with Gasteiger partial charge >= 0.3 is 11.6 Å². The third kappa shape index (κ3) is 2.27. The molecule has 2 aromatic carbocycles. The first-order valence-corrected chi connectivity index (χ1v) is 8.13. The van der Waals surface area contributed by atoms with Crippen LogP contribution in [0.1, 0.15) is 22.0 Å². The number of carbonyl (C=O) groups is 2. The van der Waals surface area contributed by atoms with Crippen molar-refractivity contribution in [1.29, 1.82) is 0 Å². The summed E-state index contributed by atoms with van der Waals surface area (Å²) in [5, 5.41) is 0.114. The van der Waals surface area contributed by atoms with Gasteiger partial charge in [-0.25, -0.2) is 13.6 Å². The summed E-state index contributed by atoms with van der Waals surface area (Å²) < 4.78 is 43.0. The minimum absolute atomic E-state index is 0.0219. The number of rotatable bonds is 1. The number of carbonyl (C=O) groups excluding carboxylic acids is 2. The summed E-state index contributed by atoms with van der Waals surface area (Å²) in [6.07, 6.45) is 0. The molecular weight excluding hydrogens is 374 g/mol. The van der Waals surface area contributed by atoms with Crippen LogP contribution >= 0.6 is 0 Å². The predicted octanol–water partition coefficient (Wildman–Crippen LogP) is 3.70. The summed E-state index contributed by atoms with van der Waals surface area (Å²) in [7, 11) is 0. The molecule has 138 valence electrons. The molecule has 0 radical (unpaired) electrons. The number of halogens is 2. The van der Waals surface area contributed by atoms with Crippen molar-refractivity contribution in [3.8, 4) is 5.75 Å². The molecule has 1 atom stereocenters. The summed E-state index contributed by atoms with van der Waals surface area (Å²) in [6, 6.07) is 7.88. The molecule has 0 aliphatic carbocycles.